The Labute approximate surface area is 125 Å². The third kappa shape index (κ3) is 2.84. The normalized spacial score (nSPS) is 25.9. The second-order valence-electron chi connectivity index (χ2n) is 4.82. The lowest BCUT2D eigenvalue weighted by molar-refractivity contribution is -0.148. The maximum absolute atomic E-state index is 11.7. The van der Waals surface area contributed by atoms with Crippen LogP contribution in [0.25, 0.3) is 0 Å². The molecule has 3 atom stereocenters. The van der Waals surface area contributed by atoms with Gasteiger partial charge in [0.2, 0.25) is 5.91 Å². The van der Waals surface area contributed by atoms with E-state index in [0.717, 1.165) is 4.90 Å². The minimum Gasteiger partial charge on any atom is -0.477 e. The van der Waals surface area contributed by atoms with Crippen LogP contribution < -0.4 is 11.1 Å². The molecule has 21 heavy (non-hydrogen) atoms. The number of carbonyl (C=O) groups is 3. The van der Waals surface area contributed by atoms with E-state index in [1.54, 1.807) is 6.92 Å². The van der Waals surface area contributed by atoms with E-state index < -0.39 is 24.0 Å². The Morgan fingerprint density at radius 3 is 2.86 bits per heavy atom. The number of nitrogens with two attached hydrogens (primary N) is 1. The molecular formula is C12H17N3O5S. The molecule has 0 radical (unpaired) electrons. The van der Waals surface area contributed by atoms with Crippen LogP contribution in [0.15, 0.2) is 11.4 Å². The SMILES string of the molecule is CCC(C)OC(=O)NC1=C(C(=O)O)N2C(=O)C(N)[C@H]2SC1. The lowest BCUT2D eigenvalue weighted by Gasteiger charge is -2.47. The predicted octanol–water partition coefficient (Wildman–Crippen LogP) is 0.0497. The number of amides is 2. The molecule has 0 aliphatic carbocycles. The number of nitrogens with one attached hydrogen (secondary N) is 1. The molecule has 0 spiro atoms. The van der Waals surface area contributed by atoms with Crippen LogP contribution in [0.5, 0.6) is 0 Å². The number of hydrogen-bond acceptors (Lipinski definition) is 6. The van der Waals surface area contributed by atoms with Gasteiger partial charge in [0.15, 0.2) is 5.70 Å². The number of carboxylic acids is 1. The summed E-state index contributed by atoms with van der Waals surface area (Å²) in [5.74, 6) is -1.49. The van der Waals surface area contributed by atoms with Crippen molar-refractivity contribution in [2.75, 3.05) is 5.75 Å². The Kier molecular flexibility index (Phi) is 4.43. The van der Waals surface area contributed by atoms with Gasteiger partial charge in [-0.2, -0.15) is 0 Å². The molecule has 2 aliphatic heterocycles. The number of ether oxygens (including phenoxy) is 1. The number of carboxylic acid groups (broad SMARTS) is 1. The zero-order valence-electron chi connectivity index (χ0n) is 11.7. The van der Waals surface area contributed by atoms with E-state index in [4.69, 9.17) is 10.5 Å². The summed E-state index contributed by atoms with van der Waals surface area (Å²) in [4.78, 5) is 35.9. The van der Waals surface area contributed by atoms with Crippen LogP contribution in [-0.4, -0.2) is 51.2 Å². The lowest BCUT2D eigenvalue weighted by atomic mass is 10.1. The van der Waals surface area contributed by atoms with Crippen molar-refractivity contribution in [3.63, 3.8) is 0 Å². The summed E-state index contributed by atoms with van der Waals surface area (Å²) >= 11 is 1.31. The highest BCUT2D eigenvalue weighted by atomic mass is 32.2. The summed E-state index contributed by atoms with van der Waals surface area (Å²) in [5, 5.41) is 11.3. The van der Waals surface area contributed by atoms with Gasteiger partial charge in [0, 0.05) is 5.75 Å². The standard InChI is InChI=1S/C12H17N3O5S/c1-3-5(2)20-12(19)14-6-4-21-10-7(13)9(16)15(10)8(6)11(17)18/h5,7,10H,3-4,13H2,1-2H3,(H,14,19)(H,17,18)/t5?,7?,10-/m1/s1. The van der Waals surface area contributed by atoms with Crippen LogP contribution in [0, 0.1) is 0 Å². The molecule has 2 amide bonds. The second-order valence-corrected chi connectivity index (χ2v) is 5.92. The molecule has 2 aliphatic rings. The molecule has 0 aromatic rings. The first-order valence-electron chi connectivity index (χ1n) is 6.51. The highest BCUT2D eigenvalue weighted by Crippen LogP contribution is 2.38. The number of alkyl carbamates (subject to hydrolysis) is 1. The average Bonchev–Trinajstić information content (AvgIpc) is 2.45. The maximum Gasteiger partial charge on any atom is 0.411 e. The molecule has 9 heteroatoms. The Hall–Kier alpha value is -1.74. The Bertz CT molecular complexity index is 521. The summed E-state index contributed by atoms with van der Waals surface area (Å²) in [6.45, 7) is 3.59. The van der Waals surface area contributed by atoms with Gasteiger partial charge < -0.3 is 15.6 Å². The minimum absolute atomic E-state index is 0.150. The Morgan fingerprint density at radius 1 is 1.62 bits per heavy atom. The van der Waals surface area contributed by atoms with E-state index in [2.05, 4.69) is 5.32 Å². The van der Waals surface area contributed by atoms with Crippen molar-refractivity contribution in [3.8, 4) is 0 Å². The fraction of sp³-hybridized carbons (Fsp3) is 0.583. The molecule has 0 aromatic heterocycles. The van der Waals surface area contributed by atoms with E-state index in [9.17, 15) is 19.5 Å². The molecular weight excluding hydrogens is 298 g/mol. The maximum atomic E-state index is 11.7. The van der Waals surface area contributed by atoms with Gasteiger partial charge >= 0.3 is 12.1 Å². The van der Waals surface area contributed by atoms with Gasteiger partial charge in [-0.05, 0) is 13.3 Å². The fourth-order valence-corrected chi connectivity index (χ4v) is 3.26. The minimum atomic E-state index is -1.28. The van der Waals surface area contributed by atoms with Crippen molar-refractivity contribution in [2.24, 2.45) is 5.73 Å². The van der Waals surface area contributed by atoms with E-state index in [1.165, 1.54) is 11.8 Å². The molecule has 1 saturated heterocycles. The second kappa shape index (κ2) is 5.94. The van der Waals surface area contributed by atoms with Crippen LogP contribution >= 0.6 is 11.8 Å². The van der Waals surface area contributed by atoms with Gasteiger partial charge in [0.05, 0.1) is 5.70 Å². The molecule has 8 nitrogen and oxygen atoms in total. The highest BCUT2D eigenvalue weighted by Gasteiger charge is 2.52. The monoisotopic (exact) mass is 315 g/mol. The third-order valence-corrected chi connectivity index (χ3v) is 4.65. The smallest absolute Gasteiger partial charge is 0.411 e. The zero-order chi connectivity index (χ0) is 15.7. The van der Waals surface area contributed by atoms with Crippen molar-refractivity contribution in [1.82, 2.24) is 10.2 Å². The van der Waals surface area contributed by atoms with Crippen molar-refractivity contribution < 1.29 is 24.2 Å². The fourth-order valence-electron chi connectivity index (χ4n) is 2.03. The molecule has 2 heterocycles. The lowest BCUT2D eigenvalue weighted by Crippen LogP contribution is -2.68. The van der Waals surface area contributed by atoms with Gasteiger partial charge in [-0.25, -0.2) is 9.59 Å². The van der Waals surface area contributed by atoms with Crippen molar-refractivity contribution in [1.29, 1.82) is 0 Å². The van der Waals surface area contributed by atoms with Gasteiger partial charge in [-0.3, -0.25) is 15.0 Å². The zero-order valence-corrected chi connectivity index (χ0v) is 12.5. The van der Waals surface area contributed by atoms with E-state index >= 15 is 0 Å². The number of rotatable bonds is 4. The third-order valence-electron chi connectivity index (χ3n) is 3.35. The van der Waals surface area contributed by atoms with Crippen molar-refractivity contribution >= 4 is 29.7 Å². The summed E-state index contributed by atoms with van der Waals surface area (Å²) in [6, 6.07) is -0.696. The van der Waals surface area contributed by atoms with Crippen molar-refractivity contribution in [3.05, 3.63) is 11.4 Å². The first-order chi connectivity index (χ1) is 9.86. The van der Waals surface area contributed by atoms with Crippen LogP contribution in [-0.2, 0) is 14.3 Å². The number of fused-ring (bicyclic) bond motifs is 1. The van der Waals surface area contributed by atoms with E-state index in [-0.39, 0.29) is 28.6 Å². The Morgan fingerprint density at radius 2 is 2.29 bits per heavy atom. The number of carbonyl (C=O) groups excluding carboxylic acids is 2. The first kappa shape index (κ1) is 15.6. The first-order valence-corrected chi connectivity index (χ1v) is 7.56. The molecule has 0 saturated carbocycles. The molecule has 1 fully saturated rings. The molecule has 2 rings (SSSR count). The quantitative estimate of drug-likeness (QED) is 0.626. The average molecular weight is 315 g/mol. The van der Waals surface area contributed by atoms with E-state index in [1.807, 2.05) is 6.92 Å². The summed E-state index contributed by atoms with van der Waals surface area (Å²) in [7, 11) is 0. The predicted molar refractivity (Wildman–Crippen MR) is 75.1 cm³/mol. The van der Waals surface area contributed by atoms with Crippen LogP contribution in [0.1, 0.15) is 20.3 Å². The molecule has 2 unspecified atom stereocenters. The summed E-state index contributed by atoms with van der Waals surface area (Å²) < 4.78 is 5.04. The summed E-state index contributed by atoms with van der Waals surface area (Å²) in [6.07, 6.45) is -0.356. The van der Waals surface area contributed by atoms with Gasteiger partial charge in [-0.1, -0.05) is 6.92 Å². The molecule has 116 valence electrons. The van der Waals surface area contributed by atoms with Gasteiger partial charge in [-0.15, -0.1) is 11.8 Å². The summed E-state index contributed by atoms with van der Waals surface area (Å²) in [5.41, 5.74) is 5.55. The van der Waals surface area contributed by atoms with Crippen molar-refractivity contribution in [2.45, 2.75) is 37.8 Å². The number of aliphatic carboxylic acids is 1. The molecule has 4 N–H and O–H groups in total. The van der Waals surface area contributed by atoms with Crippen LogP contribution in [0.2, 0.25) is 0 Å². The van der Waals surface area contributed by atoms with Gasteiger partial charge in [0.1, 0.15) is 17.5 Å². The molecule has 0 bridgehead atoms. The number of thioether (sulfide) groups is 1. The van der Waals surface area contributed by atoms with Crippen LogP contribution in [0.3, 0.4) is 0 Å². The van der Waals surface area contributed by atoms with E-state index in [0.29, 0.717) is 6.42 Å². The highest BCUT2D eigenvalue weighted by molar-refractivity contribution is 8.00. The topological polar surface area (TPSA) is 122 Å². The van der Waals surface area contributed by atoms with Crippen LogP contribution in [0.4, 0.5) is 4.79 Å². The number of hydrogen-bond donors (Lipinski definition) is 3. The van der Waals surface area contributed by atoms with Gasteiger partial charge in [0.25, 0.3) is 0 Å². The molecule has 0 aromatic carbocycles. The number of β-lactam (4-membered cyclic amide) rings is 1. The Balaban J connectivity index is 2.17. The number of nitrogens with zero attached hydrogens (tertiary/aromatic N) is 1. The largest absolute Gasteiger partial charge is 0.477 e.